The fourth-order valence-corrected chi connectivity index (χ4v) is 2.61. The van der Waals surface area contributed by atoms with Gasteiger partial charge in [-0.3, -0.25) is 9.36 Å². The van der Waals surface area contributed by atoms with Crippen molar-refractivity contribution in [1.82, 2.24) is 0 Å². The molecule has 7 heteroatoms. The first-order chi connectivity index (χ1) is 5.67. The lowest BCUT2D eigenvalue weighted by atomic mass is 10.5. The molecule has 0 aliphatic rings. The highest BCUT2D eigenvalue weighted by Crippen LogP contribution is 2.51. The smallest absolute Gasteiger partial charge is 0.305 e. The van der Waals surface area contributed by atoms with Crippen molar-refractivity contribution < 1.29 is 23.9 Å². The van der Waals surface area contributed by atoms with Crippen molar-refractivity contribution >= 4 is 20.9 Å². The summed E-state index contributed by atoms with van der Waals surface area (Å²) in [4.78, 5) is 19.5. The molecule has 0 aromatic heterocycles. The fraction of sp³-hybridized carbons (Fsp3) is 0.833. The van der Waals surface area contributed by atoms with Crippen LogP contribution in [0.1, 0.15) is 6.42 Å². The van der Waals surface area contributed by atoms with Gasteiger partial charge >= 0.3 is 5.97 Å². The van der Waals surface area contributed by atoms with Gasteiger partial charge in [0.05, 0.1) is 13.0 Å². The molecule has 5 nitrogen and oxygen atoms in total. The van der Waals surface area contributed by atoms with Crippen LogP contribution in [0.2, 0.25) is 19.6 Å². The number of carboxylic acids is 1. The second-order valence-corrected chi connectivity index (χ2v) is 15.0. The molecule has 0 rings (SSSR count). The summed E-state index contributed by atoms with van der Waals surface area (Å²) < 4.78 is 16.1. The maximum atomic E-state index is 11.4. The molecule has 0 bridgehead atoms. The minimum Gasteiger partial charge on any atom is -0.481 e. The number of hydrogen-bond donors (Lipinski definition) is 2. The zero-order valence-corrected chi connectivity index (χ0v) is 9.88. The van der Waals surface area contributed by atoms with Crippen LogP contribution in [0.4, 0.5) is 0 Å². The third kappa shape index (κ3) is 4.57. The van der Waals surface area contributed by atoms with Crippen LogP contribution < -0.4 is 0 Å². The summed E-state index contributed by atoms with van der Waals surface area (Å²) in [5.74, 6) is -1.03. The zero-order valence-electron chi connectivity index (χ0n) is 7.98. The molecular formula is C6H15O5PSi. The van der Waals surface area contributed by atoms with Crippen LogP contribution in [0.5, 0.6) is 0 Å². The minimum absolute atomic E-state index is 0.201. The number of rotatable bonds is 5. The Morgan fingerprint density at radius 3 is 2.23 bits per heavy atom. The van der Waals surface area contributed by atoms with Gasteiger partial charge in [-0.25, -0.2) is 0 Å². The van der Waals surface area contributed by atoms with Gasteiger partial charge in [0, 0.05) is 0 Å². The Bertz CT molecular complexity index is 234. The van der Waals surface area contributed by atoms with E-state index >= 15 is 0 Å². The van der Waals surface area contributed by atoms with Crippen LogP contribution in [-0.2, 0) is 13.9 Å². The van der Waals surface area contributed by atoms with Crippen LogP contribution in [0.15, 0.2) is 0 Å². The Balaban J connectivity index is 4.06. The highest BCUT2D eigenvalue weighted by molar-refractivity contribution is 7.91. The van der Waals surface area contributed by atoms with E-state index in [0.717, 1.165) is 0 Å². The second-order valence-electron chi connectivity index (χ2n) is 3.67. The predicted octanol–water partition coefficient (Wildman–Crippen LogP) is 1.50. The molecule has 2 N–H and O–H groups in total. The maximum Gasteiger partial charge on any atom is 0.305 e. The van der Waals surface area contributed by atoms with Crippen LogP contribution in [-0.4, -0.2) is 30.3 Å². The average Bonchev–Trinajstić information content (AvgIpc) is 1.82. The van der Waals surface area contributed by atoms with E-state index in [1.165, 1.54) is 0 Å². The molecule has 13 heavy (non-hydrogen) atoms. The monoisotopic (exact) mass is 226 g/mol. The van der Waals surface area contributed by atoms with Crippen LogP contribution >= 0.6 is 7.14 Å². The summed E-state index contributed by atoms with van der Waals surface area (Å²) in [6, 6.07) is 0. The van der Waals surface area contributed by atoms with Crippen molar-refractivity contribution in [2.45, 2.75) is 26.1 Å². The second kappa shape index (κ2) is 4.37. The molecule has 0 radical (unpaired) electrons. The summed E-state index contributed by atoms with van der Waals surface area (Å²) in [7, 11) is -5.82. The van der Waals surface area contributed by atoms with E-state index in [2.05, 4.69) is 0 Å². The van der Waals surface area contributed by atoms with Crippen molar-refractivity contribution in [3.8, 4) is 0 Å². The van der Waals surface area contributed by atoms with Gasteiger partial charge in [0.25, 0.3) is 7.14 Å². The van der Waals surface area contributed by atoms with E-state index in [4.69, 9.17) is 9.63 Å². The molecule has 0 amide bonds. The van der Waals surface area contributed by atoms with Gasteiger partial charge in [0.1, 0.15) is 0 Å². The van der Waals surface area contributed by atoms with Crippen molar-refractivity contribution in [1.29, 1.82) is 0 Å². The molecule has 1 unspecified atom stereocenters. The van der Waals surface area contributed by atoms with E-state index in [0.29, 0.717) is 0 Å². The van der Waals surface area contributed by atoms with E-state index < -0.39 is 20.9 Å². The third-order valence-electron chi connectivity index (χ3n) is 1.43. The lowest BCUT2D eigenvalue weighted by Crippen LogP contribution is -2.22. The van der Waals surface area contributed by atoms with Crippen molar-refractivity contribution in [3.63, 3.8) is 0 Å². The van der Waals surface area contributed by atoms with Crippen LogP contribution in [0.3, 0.4) is 0 Å². The fourth-order valence-electron chi connectivity index (χ4n) is 0.450. The van der Waals surface area contributed by atoms with Gasteiger partial charge in [0.2, 0.25) is 0 Å². The Kier molecular flexibility index (Phi) is 4.31. The summed E-state index contributed by atoms with van der Waals surface area (Å²) in [5.41, 5.74) is 0. The van der Waals surface area contributed by atoms with E-state index in [-0.39, 0.29) is 13.0 Å². The minimum atomic E-state index is -3.56. The summed E-state index contributed by atoms with van der Waals surface area (Å²) in [6.07, 6.45) is -0.241. The van der Waals surface area contributed by atoms with Crippen molar-refractivity contribution in [3.05, 3.63) is 0 Å². The van der Waals surface area contributed by atoms with E-state index in [1.54, 1.807) is 19.6 Å². The normalized spacial score (nSPS) is 16.6. The first-order valence-electron chi connectivity index (χ1n) is 3.86. The topological polar surface area (TPSA) is 83.8 Å². The zero-order chi connectivity index (χ0) is 10.7. The van der Waals surface area contributed by atoms with E-state index in [9.17, 15) is 14.3 Å². The quantitative estimate of drug-likeness (QED) is 0.548. The van der Waals surface area contributed by atoms with Crippen LogP contribution in [0, 0.1) is 0 Å². The molecule has 0 aliphatic heterocycles. The molecule has 78 valence electrons. The van der Waals surface area contributed by atoms with Crippen LogP contribution in [0.25, 0.3) is 0 Å². The van der Waals surface area contributed by atoms with Gasteiger partial charge in [-0.2, -0.15) is 0 Å². The van der Waals surface area contributed by atoms with Gasteiger partial charge in [0.15, 0.2) is 7.74 Å². The molecule has 0 aliphatic carbocycles. The summed E-state index contributed by atoms with van der Waals surface area (Å²) >= 11 is 0. The highest BCUT2D eigenvalue weighted by atomic mass is 31.4. The molecule has 0 spiro atoms. The number of carboxylic acid groups (broad SMARTS) is 1. The molecule has 0 aromatic rings. The predicted molar refractivity (Wildman–Crippen MR) is 51.4 cm³/mol. The van der Waals surface area contributed by atoms with Gasteiger partial charge < -0.3 is 14.5 Å². The number of hydrogen-bond acceptors (Lipinski definition) is 3. The Hall–Kier alpha value is -0.163. The summed E-state index contributed by atoms with van der Waals surface area (Å²) in [5, 5.41) is 8.27. The lowest BCUT2D eigenvalue weighted by molar-refractivity contribution is -0.137. The molecule has 1 atom stereocenters. The molecule has 0 aromatic carbocycles. The van der Waals surface area contributed by atoms with Gasteiger partial charge in [-0.05, 0) is 0 Å². The number of carbonyl (C=O) groups is 1. The maximum absolute atomic E-state index is 11.4. The Labute approximate surface area is 78.1 Å². The highest BCUT2D eigenvalue weighted by Gasteiger charge is 2.38. The first-order valence-corrected chi connectivity index (χ1v) is 9.78. The SMILES string of the molecule is C[Si](C)(C)P(=O)(O)OCCC(=O)O. The molecule has 0 saturated carbocycles. The van der Waals surface area contributed by atoms with E-state index in [1.807, 2.05) is 0 Å². The molecule has 0 fully saturated rings. The van der Waals surface area contributed by atoms with Crippen molar-refractivity contribution in [2.24, 2.45) is 0 Å². The standard InChI is InChI=1S/C6H15O5PSi/c1-13(2,3)12(9,10)11-5-4-6(7)8/h4-5H2,1-3H3,(H,7,8)(H,9,10). The van der Waals surface area contributed by atoms with Crippen molar-refractivity contribution in [2.75, 3.05) is 6.61 Å². The Morgan fingerprint density at radius 1 is 1.46 bits per heavy atom. The largest absolute Gasteiger partial charge is 0.481 e. The Morgan fingerprint density at radius 2 is 1.92 bits per heavy atom. The molecule has 0 saturated heterocycles. The molecule has 0 heterocycles. The molecular weight excluding hydrogens is 211 g/mol. The summed E-state index contributed by atoms with van der Waals surface area (Å²) in [6.45, 7) is 4.91. The lowest BCUT2D eigenvalue weighted by Gasteiger charge is -2.22. The first kappa shape index (κ1) is 12.8. The third-order valence-corrected chi connectivity index (χ3v) is 9.13. The number of aliphatic carboxylic acids is 1. The van der Waals surface area contributed by atoms with Gasteiger partial charge in [-0.15, -0.1) is 0 Å². The average molecular weight is 226 g/mol. The van der Waals surface area contributed by atoms with Gasteiger partial charge in [-0.1, -0.05) is 19.6 Å².